The van der Waals surface area contributed by atoms with E-state index in [1.165, 1.54) is 11.8 Å². The first-order chi connectivity index (χ1) is 10.9. The number of amides is 1. The SMILES string of the molecule is CSc1nccc(NCC2CCN(C(=O)OC(C)(C)C)CC2)n1. The van der Waals surface area contributed by atoms with Crippen LogP contribution in [-0.4, -0.2) is 52.5 Å². The third kappa shape index (κ3) is 5.89. The number of nitrogens with one attached hydrogen (secondary N) is 1. The summed E-state index contributed by atoms with van der Waals surface area (Å²) < 4.78 is 5.42. The summed E-state index contributed by atoms with van der Waals surface area (Å²) in [6.45, 7) is 8.06. The molecule has 1 fully saturated rings. The molecular weight excluding hydrogens is 312 g/mol. The lowest BCUT2D eigenvalue weighted by molar-refractivity contribution is 0.0188. The molecule has 0 radical (unpaired) electrons. The number of piperidine rings is 1. The summed E-state index contributed by atoms with van der Waals surface area (Å²) in [5.41, 5.74) is -0.433. The number of carbonyl (C=O) groups excluding carboxylic acids is 1. The fourth-order valence-corrected chi connectivity index (χ4v) is 2.79. The van der Waals surface area contributed by atoms with Crippen molar-refractivity contribution in [3.05, 3.63) is 12.3 Å². The van der Waals surface area contributed by atoms with Crippen LogP contribution in [0.5, 0.6) is 0 Å². The van der Waals surface area contributed by atoms with Gasteiger partial charge in [-0.2, -0.15) is 0 Å². The van der Waals surface area contributed by atoms with Crippen LogP contribution in [0.3, 0.4) is 0 Å². The van der Waals surface area contributed by atoms with Crippen molar-refractivity contribution in [2.24, 2.45) is 5.92 Å². The zero-order valence-corrected chi connectivity index (χ0v) is 15.2. The number of hydrogen-bond donors (Lipinski definition) is 1. The molecule has 0 spiro atoms. The Balaban J connectivity index is 1.75. The van der Waals surface area contributed by atoms with Crippen molar-refractivity contribution < 1.29 is 9.53 Å². The summed E-state index contributed by atoms with van der Waals surface area (Å²) in [5, 5.41) is 4.15. The highest BCUT2D eigenvalue weighted by Gasteiger charge is 2.26. The molecule has 0 bridgehead atoms. The van der Waals surface area contributed by atoms with Crippen LogP contribution in [0.15, 0.2) is 17.4 Å². The average molecular weight is 338 g/mol. The zero-order chi connectivity index (χ0) is 16.9. The number of nitrogens with zero attached hydrogens (tertiary/aromatic N) is 3. The Bertz CT molecular complexity index is 525. The van der Waals surface area contributed by atoms with Gasteiger partial charge in [-0.1, -0.05) is 11.8 Å². The predicted octanol–water partition coefficient (Wildman–Crippen LogP) is 3.26. The summed E-state index contributed by atoms with van der Waals surface area (Å²) in [6.07, 6.45) is 5.49. The summed E-state index contributed by atoms with van der Waals surface area (Å²) >= 11 is 1.53. The first kappa shape index (κ1) is 17.8. The van der Waals surface area contributed by atoms with Gasteiger partial charge in [0, 0.05) is 25.8 Å². The Labute approximate surface area is 142 Å². The third-order valence-corrected chi connectivity index (χ3v) is 4.22. The largest absolute Gasteiger partial charge is 0.444 e. The maximum absolute atomic E-state index is 12.0. The second kappa shape index (κ2) is 7.86. The van der Waals surface area contributed by atoms with Crippen LogP contribution < -0.4 is 5.32 Å². The van der Waals surface area contributed by atoms with E-state index in [0.29, 0.717) is 5.92 Å². The smallest absolute Gasteiger partial charge is 0.410 e. The van der Waals surface area contributed by atoms with Gasteiger partial charge in [0.05, 0.1) is 0 Å². The van der Waals surface area contributed by atoms with Gasteiger partial charge >= 0.3 is 6.09 Å². The summed E-state index contributed by atoms with van der Waals surface area (Å²) in [6, 6.07) is 1.88. The molecule has 2 heterocycles. The van der Waals surface area contributed by atoms with Crippen LogP contribution >= 0.6 is 11.8 Å². The van der Waals surface area contributed by atoms with Gasteiger partial charge in [-0.25, -0.2) is 14.8 Å². The van der Waals surface area contributed by atoms with Gasteiger partial charge in [-0.3, -0.25) is 0 Å². The molecule has 1 amide bonds. The molecule has 0 aliphatic carbocycles. The maximum Gasteiger partial charge on any atom is 0.410 e. The minimum atomic E-state index is -0.433. The third-order valence-electron chi connectivity index (χ3n) is 3.65. The Kier molecular flexibility index (Phi) is 6.10. The van der Waals surface area contributed by atoms with Crippen molar-refractivity contribution in [3.63, 3.8) is 0 Å². The molecule has 1 aliphatic rings. The second-order valence-electron chi connectivity index (χ2n) is 6.72. The molecule has 1 aromatic rings. The van der Waals surface area contributed by atoms with Crippen LogP contribution in [0.4, 0.5) is 10.6 Å². The van der Waals surface area contributed by atoms with Gasteiger partial charge in [-0.15, -0.1) is 0 Å². The molecule has 23 heavy (non-hydrogen) atoms. The first-order valence-corrected chi connectivity index (χ1v) is 9.18. The van der Waals surface area contributed by atoms with Crippen LogP contribution in [0.2, 0.25) is 0 Å². The molecule has 2 rings (SSSR count). The molecule has 0 saturated carbocycles. The average Bonchev–Trinajstić information content (AvgIpc) is 2.52. The van der Waals surface area contributed by atoms with Crippen molar-refractivity contribution in [1.82, 2.24) is 14.9 Å². The van der Waals surface area contributed by atoms with Crippen molar-refractivity contribution in [2.75, 3.05) is 31.2 Å². The van der Waals surface area contributed by atoms with Crippen molar-refractivity contribution in [3.8, 4) is 0 Å². The predicted molar refractivity (Wildman–Crippen MR) is 92.8 cm³/mol. The van der Waals surface area contributed by atoms with Gasteiger partial charge in [-0.05, 0) is 51.9 Å². The lowest BCUT2D eigenvalue weighted by atomic mass is 9.97. The summed E-state index contributed by atoms with van der Waals surface area (Å²) in [7, 11) is 0. The lowest BCUT2D eigenvalue weighted by Gasteiger charge is -2.33. The number of thioether (sulfide) groups is 1. The van der Waals surface area contributed by atoms with E-state index in [1.807, 2.05) is 33.1 Å². The zero-order valence-electron chi connectivity index (χ0n) is 14.3. The highest BCUT2D eigenvalue weighted by atomic mass is 32.2. The van der Waals surface area contributed by atoms with E-state index in [-0.39, 0.29) is 6.09 Å². The minimum absolute atomic E-state index is 0.204. The van der Waals surface area contributed by atoms with Gasteiger partial charge in [0.1, 0.15) is 11.4 Å². The number of rotatable bonds is 4. The fraction of sp³-hybridized carbons (Fsp3) is 0.688. The summed E-state index contributed by atoms with van der Waals surface area (Å²) in [5.74, 6) is 1.40. The number of carbonyl (C=O) groups is 1. The first-order valence-electron chi connectivity index (χ1n) is 7.96. The van der Waals surface area contributed by atoms with E-state index in [0.717, 1.165) is 43.5 Å². The van der Waals surface area contributed by atoms with Crippen LogP contribution in [0.1, 0.15) is 33.6 Å². The van der Waals surface area contributed by atoms with Gasteiger partial charge in [0.15, 0.2) is 5.16 Å². The number of anilines is 1. The Morgan fingerprint density at radius 1 is 1.43 bits per heavy atom. The monoisotopic (exact) mass is 338 g/mol. The Morgan fingerprint density at radius 3 is 2.74 bits per heavy atom. The molecule has 0 atom stereocenters. The number of aromatic nitrogens is 2. The van der Waals surface area contributed by atoms with Crippen LogP contribution in [0.25, 0.3) is 0 Å². The van der Waals surface area contributed by atoms with Crippen LogP contribution in [-0.2, 0) is 4.74 Å². The highest BCUT2D eigenvalue weighted by Crippen LogP contribution is 2.20. The molecule has 128 valence electrons. The highest BCUT2D eigenvalue weighted by molar-refractivity contribution is 7.98. The number of likely N-dealkylation sites (tertiary alicyclic amines) is 1. The van der Waals surface area contributed by atoms with E-state index in [1.54, 1.807) is 11.1 Å². The Hall–Kier alpha value is -1.50. The van der Waals surface area contributed by atoms with E-state index in [4.69, 9.17) is 4.74 Å². The molecular formula is C16H26N4O2S. The van der Waals surface area contributed by atoms with E-state index in [2.05, 4.69) is 15.3 Å². The van der Waals surface area contributed by atoms with Gasteiger partial charge in [0.25, 0.3) is 0 Å². The fourth-order valence-electron chi connectivity index (χ4n) is 2.43. The van der Waals surface area contributed by atoms with E-state index in [9.17, 15) is 4.79 Å². The molecule has 1 saturated heterocycles. The van der Waals surface area contributed by atoms with E-state index >= 15 is 0 Å². The lowest BCUT2D eigenvalue weighted by Crippen LogP contribution is -2.42. The van der Waals surface area contributed by atoms with E-state index < -0.39 is 5.60 Å². The number of ether oxygens (including phenoxy) is 1. The van der Waals surface area contributed by atoms with Crippen molar-refractivity contribution >= 4 is 23.7 Å². The molecule has 0 aromatic carbocycles. The van der Waals surface area contributed by atoms with Crippen molar-refractivity contribution in [2.45, 2.75) is 44.4 Å². The Morgan fingerprint density at radius 2 is 2.13 bits per heavy atom. The maximum atomic E-state index is 12.0. The molecule has 1 aliphatic heterocycles. The molecule has 7 heteroatoms. The minimum Gasteiger partial charge on any atom is -0.444 e. The van der Waals surface area contributed by atoms with Gasteiger partial charge < -0.3 is 15.0 Å². The molecule has 0 unspecified atom stereocenters. The van der Waals surface area contributed by atoms with Crippen LogP contribution in [0, 0.1) is 5.92 Å². The quantitative estimate of drug-likeness (QED) is 0.671. The van der Waals surface area contributed by atoms with Crippen molar-refractivity contribution in [1.29, 1.82) is 0 Å². The number of hydrogen-bond acceptors (Lipinski definition) is 6. The molecule has 1 aromatic heterocycles. The van der Waals surface area contributed by atoms with Gasteiger partial charge in [0.2, 0.25) is 0 Å². The molecule has 6 nitrogen and oxygen atoms in total. The summed E-state index contributed by atoms with van der Waals surface area (Å²) in [4.78, 5) is 22.4. The standard InChI is InChI=1S/C16H26N4O2S/c1-16(2,3)22-15(21)20-9-6-12(7-10-20)11-18-13-5-8-17-14(19-13)23-4/h5,8,12H,6-7,9-11H2,1-4H3,(H,17,18,19). The second-order valence-corrected chi connectivity index (χ2v) is 7.49. The molecule has 1 N–H and O–H groups in total. The normalized spacial score (nSPS) is 16.3. The topological polar surface area (TPSA) is 67.4 Å².